The van der Waals surface area contributed by atoms with Gasteiger partial charge < -0.3 is 15.2 Å². The predicted octanol–water partition coefficient (Wildman–Crippen LogP) is 0.551. The molecule has 0 aromatic carbocycles. The Morgan fingerprint density at radius 1 is 1.50 bits per heavy atom. The van der Waals surface area contributed by atoms with Crippen LogP contribution in [0.1, 0.15) is 19.3 Å². The van der Waals surface area contributed by atoms with Gasteiger partial charge in [0.2, 0.25) is 0 Å². The SMILES string of the molecule is COCC(CN)(CC(=O)OC)C1CC1. The number of esters is 1. The first kappa shape index (κ1) is 11.5. The van der Waals surface area contributed by atoms with Gasteiger partial charge in [0, 0.05) is 19.1 Å². The third-order valence-electron chi connectivity index (χ3n) is 3.01. The van der Waals surface area contributed by atoms with Crippen LogP contribution in [0.15, 0.2) is 0 Å². The molecule has 0 spiro atoms. The third-order valence-corrected chi connectivity index (χ3v) is 3.01. The summed E-state index contributed by atoms with van der Waals surface area (Å²) in [6, 6.07) is 0. The lowest BCUT2D eigenvalue weighted by Gasteiger charge is -2.30. The topological polar surface area (TPSA) is 61.5 Å². The van der Waals surface area contributed by atoms with Crippen molar-refractivity contribution in [3.63, 3.8) is 0 Å². The van der Waals surface area contributed by atoms with Crippen molar-refractivity contribution in [3.05, 3.63) is 0 Å². The minimum Gasteiger partial charge on any atom is -0.469 e. The van der Waals surface area contributed by atoms with Gasteiger partial charge in [-0.2, -0.15) is 0 Å². The number of nitrogens with two attached hydrogens (primary N) is 1. The van der Waals surface area contributed by atoms with Gasteiger partial charge in [0.15, 0.2) is 0 Å². The number of hydrogen-bond donors (Lipinski definition) is 1. The van der Waals surface area contributed by atoms with Crippen LogP contribution in [0.2, 0.25) is 0 Å². The number of hydrogen-bond acceptors (Lipinski definition) is 4. The first-order chi connectivity index (χ1) is 6.68. The molecular weight excluding hydrogens is 182 g/mol. The molecule has 2 N–H and O–H groups in total. The summed E-state index contributed by atoms with van der Waals surface area (Å²) >= 11 is 0. The van der Waals surface area contributed by atoms with E-state index < -0.39 is 0 Å². The molecule has 1 saturated carbocycles. The molecule has 1 aliphatic rings. The molecule has 0 aromatic rings. The van der Waals surface area contributed by atoms with Crippen molar-refractivity contribution in [1.82, 2.24) is 0 Å². The highest BCUT2D eigenvalue weighted by Crippen LogP contribution is 2.47. The number of methoxy groups -OCH3 is 2. The van der Waals surface area contributed by atoms with E-state index in [-0.39, 0.29) is 11.4 Å². The molecule has 1 aliphatic carbocycles. The highest BCUT2D eigenvalue weighted by molar-refractivity contribution is 5.70. The van der Waals surface area contributed by atoms with Crippen molar-refractivity contribution >= 4 is 5.97 Å². The number of carbonyl (C=O) groups is 1. The summed E-state index contributed by atoms with van der Waals surface area (Å²) in [7, 11) is 3.05. The fourth-order valence-corrected chi connectivity index (χ4v) is 1.95. The number of rotatable bonds is 6. The quantitative estimate of drug-likeness (QED) is 0.637. The van der Waals surface area contributed by atoms with Gasteiger partial charge in [-0.25, -0.2) is 0 Å². The van der Waals surface area contributed by atoms with Crippen LogP contribution in [-0.2, 0) is 14.3 Å². The van der Waals surface area contributed by atoms with Gasteiger partial charge in [0.25, 0.3) is 0 Å². The van der Waals surface area contributed by atoms with Crippen LogP contribution in [0.4, 0.5) is 0 Å². The summed E-state index contributed by atoms with van der Waals surface area (Å²) < 4.78 is 9.84. The Kier molecular flexibility index (Phi) is 3.89. The molecule has 14 heavy (non-hydrogen) atoms. The molecule has 4 nitrogen and oxygen atoms in total. The zero-order chi connectivity index (χ0) is 10.6. The van der Waals surface area contributed by atoms with Crippen molar-refractivity contribution in [2.75, 3.05) is 27.4 Å². The molecule has 0 radical (unpaired) electrons. The molecule has 4 heteroatoms. The van der Waals surface area contributed by atoms with E-state index in [1.165, 1.54) is 7.11 Å². The van der Waals surface area contributed by atoms with E-state index in [2.05, 4.69) is 4.74 Å². The fraction of sp³-hybridized carbons (Fsp3) is 0.900. The highest BCUT2D eigenvalue weighted by Gasteiger charge is 2.45. The molecule has 82 valence electrons. The van der Waals surface area contributed by atoms with Crippen LogP contribution in [0.5, 0.6) is 0 Å². The Morgan fingerprint density at radius 3 is 2.50 bits per heavy atom. The van der Waals surface area contributed by atoms with E-state index in [9.17, 15) is 4.79 Å². The fourth-order valence-electron chi connectivity index (χ4n) is 1.95. The minimum absolute atomic E-state index is 0.193. The second kappa shape index (κ2) is 4.75. The lowest BCUT2D eigenvalue weighted by Crippen LogP contribution is -2.39. The van der Waals surface area contributed by atoms with Crippen molar-refractivity contribution in [2.45, 2.75) is 19.3 Å². The predicted molar refractivity (Wildman–Crippen MR) is 52.7 cm³/mol. The van der Waals surface area contributed by atoms with E-state index in [4.69, 9.17) is 10.5 Å². The van der Waals surface area contributed by atoms with Crippen molar-refractivity contribution in [2.24, 2.45) is 17.1 Å². The van der Waals surface area contributed by atoms with Crippen LogP contribution in [0.3, 0.4) is 0 Å². The lowest BCUT2D eigenvalue weighted by atomic mass is 9.80. The normalized spacial score (nSPS) is 20.2. The Hall–Kier alpha value is -0.610. The molecule has 0 amide bonds. The van der Waals surface area contributed by atoms with Gasteiger partial charge in [0.05, 0.1) is 20.1 Å². The minimum atomic E-state index is -0.195. The second-order valence-corrected chi connectivity index (χ2v) is 4.03. The van der Waals surface area contributed by atoms with E-state index in [0.29, 0.717) is 25.5 Å². The monoisotopic (exact) mass is 201 g/mol. The van der Waals surface area contributed by atoms with Gasteiger partial charge >= 0.3 is 5.97 Å². The molecular formula is C10H19NO3. The van der Waals surface area contributed by atoms with Crippen LogP contribution < -0.4 is 5.73 Å². The summed E-state index contributed by atoms with van der Waals surface area (Å²) in [5.74, 6) is 0.339. The third kappa shape index (κ3) is 2.45. The van der Waals surface area contributed by atoms with Crippen LogP contribution in [0.25, 0.3) is 0 Å². The van der Waals surface area contributed by atoms with E-state index >= 15 is 0 Å². The van der Waals surface area contributed by atoms with Gasteiger partial charge in [-0.15, -0.1) is 0 Å². The molecule has 0 saturated heterocycles. The second-order valence-electron chi connectivity index (χ2n) is 4.03. The highest BCUT2D eigenvalue weighted by atomic mass is 16.5. The summed E-state index contributed by atoms with van der Waals surface area (Å²) in [4.78, 5) is 11.3. The Labute approximate surface area is 84.7 Å². The van der Waals surface area contributed by atoms with Crippen molar-refractivity contribution < 1.29 is 14.3 Å². The molecule has 1 rings (SSSR count). The summed E-state index contributed by atoms with van der Waals surface area (Å²) in [6.07, 6.45) is 2.67. The zero-order valence-electron chi connectivity index (χ0n) is 8.91. The van der Waals surface area contributed by atoms with E-state index in [0.717, 1.165) is 12.8 Å². The van der Waals surface area contributed by atoms with Crippen molar-refractivity contribution in [3.8, 4) is 0 Å². The molecule has 0 aromatic heterocycles. The van der Waals surface area contributed by atoms with E-state index in [1.807, 2.05) is 0 Å². The molecule has 1 unspecified atom stereocenters. The largest absolute Gasteiger partial charge is 0.469 e. The maximum atomic E-state index is 11.3. The van der Waals surface area contributed by atoms with Gasteiger partial charge in [-0.1, -0.05) is 0 Å². The Balaban J connectivity index is 2.62. The van der Waals surface area contributed by atoms with Crippen LogP contribution in [0, 0.1) is 11.3 Å². The smallest absolute Gasteiger partial charge is 0.306 e. The first-order valence-electron chi connectivity index (χ1n) is 4.94. The standard InChI is InChI=1S/C10H19NO3/c1-13-7-10(6-11,8-3-4-8)5-9(12)14-2/h8H,3-7,11H2,1-2H3. The van der Waals surface area contributed by atoms with Crippen LogP contribution >= 0.6 is 0 Å². The summed E-state index contributed by atoms with van der Waals surface area (Å²) in [5, 5.41) is 0. The van der Waals surface area contributed by atoms with E-state index in [1.54, 1.807) is 7.11 Å². The maximum absolute atomic E-state index is 11.3. The average Bonchev–Trinajstić information content (AvgIpc) is 3.00. The van der Waals surface area contributed by atoms with Gasteiger partial charge in [-0.05, 0) is 18.8 Å². The van der Waals surface area contributed by atoms with Crippen LogP contribution in [-0.4, -0.2) is 33.3 Å². The van der Waals surface area contributed by atoms with Gasteiger partial charge in [0.1, 0.15) is 0 Å². The molecule has 0 bridgehead atoms. The Morgan fingerprint density at radius 2 is 2.14 bits per heavy atom. The maximum Gasteiger partial charge on any atom is 0.306 e. The first-order valence-corrected chi connectivity index (χ1v) is 4.94. The number of carbonyl (C=O) groups excluding carboxylic acids is 1. The zero-order valence-corrected chi connectivity index (χ0v) is 8.91. The summed E-state index contributed by atoms with van der Waals surface area (Å²) in [5.41, 5.74) is 5.56. The molecule has 1 atom stereocenters. The lowest BCUT2D eigenvalue weighted by molar-refractivity contribution is -0.144. The van der Waals surface area contributed by atoms with Gasteiger partial charge in [-0.3, -0.25) is 4.79 Å². The molecule has 0 aliphatic heterocycles. The summed E-state index contributed by atoms with van der Waals surface area (Å²) in [6.45, 7) is 1.03. The Bertz CT molecular complexity index is 204. The molecule has 0 heterocycles. The average molecular weight is 201 g/mol. The number of ether oxygens (including phenoxy) is 2. The molecule has 1 fully saturated rings. The van der Waals surface area contributed by atoms with Crippen molar-refractivity contribution in [1.29, 1.82) is 0 Å².